The third-order valence-corrected chi connectivity index (χ3v) is 6.28. The summed E-state index contributed by atoms with van der Waals surface area (Å²) in [6, 6.07) is 14.4. The van der Waals surface area contributed by atoms with Gasteiger partial charge in [0.2, 0.25) is 0 Å². The third-order valence-electron chi connectivity index (χ3n) is 6.28. The van der Waals surface area contributed by atoms with Crippen LogP contribution in [0.3, 0.4) is 0 Å². The second kappa shape index (κ2) is 10.0. The van der Waals surface area contributed by atoms with Crippen LogP contribution < -0.4 is 5.32 Å². The maximum atomic E-state index is 14.8. The zero-order chi connectivity index (χ0) is 25.9. The second-order valence-corrected chi connectivity index (χ2v) is 8.52. The van der Waals surface area contributed by atoms with Crippen molar-refractivity contribution in [1.29, 1.82) is 0 Å². The number of rotatable bonds is 5. The average molecular weight is 500 g/mol. The van der Waals surface area contributed by atoms with E-state index in [1.165, 1.54) is 29.6 Å². The number of Topliss-reactive ketones (excluding diaryl/α,β-unsaturated/α-hetero) is 1. The van der Waals surface area contributed by atoms with Crippen LogP contribution in [0.4, 0.5) is 10.1 Å². The number of carbonyl (C=O) groups excluding carboxylic acids is 4. The lowest BCUT2D eigenvalue weighted by Gasteiger charge is -2.34. The Bertz CT molecular complexity index is 1500. The fraction of sp³-hybridized carbons (Fsp3) is 0.148. The van der Waals surface area contributed by atoms with Crippen LogP contribution in [0.5, 0.6) is 0 Å². The molecule has 1 aliphatic heterocycles. The summed E-state index contributed by atoms with van der Waals surface area (Å²) in [6.45, 7) is 0.893. The number of aromatic amines is 1. The largest absolute Gasteiger partial charge is 0.360 e. The molecule has 0 saturated carbocycles. The number of amides is 3. The molecular weight excluding hydrogens is 477 g/mol. The van der Waals surface area contributed by atoms with E-state index < -0.39 is 23.4 Å². The van der Waals surface area contributed by atoms with Crippen LogP contribution >= 0.6 is 0 Å². The Labute approximate surface area is 210 Å². The van der Waals surface area contributed by atoms with Gasteiger partial charge in [-0.2, -0.15) is 0 Å². The van der Waals surface area contributed by atoms with Crippen LogP contribution in [-0.4, -0.2) is 69.5 Å². The number of H-pyrrole nitrogens is 1. The molecule has 0 aliphatic carbocycles. The minimum absolute atomic E-state index is 0.112. The van der Waals surface area contributed by atoms with E-state index in [4.69, 9.17) is 0 Å². The van der Waals surface area contributed by atoms with Crippen LogP contribution in [-0.2, 0) is 4.79 Å². The van der Waals surface area contributed by atoms with Crippen LogP contribution in [0.2, 0.25) is 0 Å². The molecule has 0 spiro atoms. The standard InChI is InChI=1S/C27H22FN5O4/c28-21-7-6-19(25(35)31-18-8-10-29-11-9-18)23-22(21)20(16-30-23)24(34)27(37)33-14-12-32(13-15-33)26(36)17-4-2-1-3-5-17/h1-11,16,30H,12-15H2,(H,29,31,35). The summed E-state index contributed by atoms with van der Waals surface area (Å²) in [7, 11) is 0. The summed E-state index contributed by atoms with van der Waals surface area (Å²) in [5, 5.41) is 2.57. The smallest absolute Gasteiger partial charge is 0.295 e. The minimum Gasteiger partial charge on any atom is -0.360 e. The van der Waals surface area contributed by atoms with Gasteiger partial charge >= 0.3 is 0 Å². The lowest BCUT2D eigenvalue weighted by atomic mass is 10.0. The van der Waals surface area contributed by atoms with Crippen molar-refractivity contribution in [3.05, 3.63) is 95.7 Å². The summed E-state index contributed by atoms with van der Waals surface area (Å²) >= 11 is 0. The average Bonchev–Trinajstić information content (AvgIpc) is 3.39. The van der Waals surface area contributed by atoms with E-state index in [1.54, 1.807) is 41.3 Å². The van der Waals surface area contributed by atoms with Crippen LogP contribution in [0.15, 0.2) is 73.2 Å². The molecule has 1 fully saturated rings. The first-order valence-electron chi connectivity index (χ1n) is 11.6. The molecule has 37 heavy (non-hydrogen) atoms. The first-order valence-corrected chi connectivity index (χ1v) is 11.6. The number of carbonyl (C=O) groups is 4. The number of aromatic nitrogens is 2. The number of fused-ring (bicyclic) bond motifs is 1. The number of nitrogens with zero attached hydrogens (tertiary/aromatic N) is 3. The number of ketones is 1. The molecule has 0 radical (unpaired) electrons. The SMILES string of the molecule is O=C(Nc1ccncc1)c1ccc(F)c2c(C(=O)C(=O)N3CCN(C(=O)c4ccccc4)CC3)c[nH]c12. The zero-order valence-electron chi connectivity index (χ0n) is 19.6. The Balaban J connectivity index is 1.32. The molecule has 3 amide bonds. The van der Waals surface area contributed by atoms with Crippen molar-refractivity contribution in [2.45, 2.75) is 0 Å². The van der Waals surface area contributed by atoms with Crippen LogP contribution in [0, 0.1) is 5.82 Å². The van der Waals surface area contributed by atoms with Gasteiger partial charge < -0.3 is 20.1 Å². The van der Waals surface area contributed by atoms with E-state index in [0.717, 1.165) is 6.07 Å². The van der Waals surface area contributed by atoms with Crippen LogP contribution in [0.25, 0.3) is 10.9 Å². The molecule has 2 N–H and O–H groups in total. The predicted octanol–water partition coefficient (Wildman–Crippen LogP) is 3.12. The number of hydrogen-bond donors (Lipinski definition) is 2. The molecule has 2 aromatic heterocycles. The van der Waals surface area contributed by atoms with Crippen molar-refractivity contribution >= 4 is 40.1 Å². The number of nitrogens with one attached hydrogen (secondary N) is 2. The van der Waals surface area contributed by atoms with E-state index >= 15 is 0 Å². The van der Waals surface area contributed by atoms with E-state index in [1.807, 2.05) is 6.07 Å². The summed E-state index contributed by atoms with van der Waals surface area (Å²) < 4.78 is 14.8. The van der Waals surface area contributed by atoms with Crippen molar-refractivity contribution in [3.8, 4) is 0 Å². The molecule has 4 aromatic rings. The van der Waals surface area contributed by atoms with Crippen molar-refractivity contribution in [2.75, 3.05) is 31.5 Å². The Morgan fingerprint density at radius 3 is 2.22 bits per heavy atom. The van der Waals surface area contributed by atoms with E-state index in [-0.39, 0.29) is 54.1 Å². The molecule has 0 unspecified atom stereocenters. The molecule has 0 atom stereocenters. The lowest BCUT2D eigenvalue weighted by molar-refractivity contribution is -0.127. The molecule has 186 valence electrons. The molecule has 1 saturated heterocycles. The summed E-state index contributed by atoms with van der Waals surface area (Å²) in [4.78, 5) is 61.3. The van der Waals surface area contributed by atoms with Crippen molar-refractivity contribution < 1.29 is 23.6 Å². The summed E-state index contributed by atoms with van der Waals surface area (Å²) in [5.74, 6) is -3.07. The molecule has 9 nitrogen and oxygen atoms in total. The Hall–Kier alpha value is -4.86. The summed E-state index contributed by atoms with van der Waals surface area (Å²) in [6.07, 6.45) is 4.28. The highest BCUT2D eigenvalue weighted by atomic mass is 19.1. The third kappa shape index (κ3) is 4.68. The fourth-order valence-corrected chi connectivity index (χ4v) is 4.34. The molecule has 5 rings (SSSR count). The van der Waals surface area contributed by atoms with Gasteiger partial charge in [0.25, 0.3) is 23.5 Å². The zero-order valence-corrected chi connectivity index (χ0v) is 19.6. The molecule has 3 heterocycles. The number of halogens is 1. The number of hydrogen-bond acceptors (Lipinski definition) is 5. The molecule has 10 heteroatoms. The molecule has 0 bridgehead atoms. The minimum atomic E-state index is -0.889. The van der Waals surface area contributed by atoms with Crippen LogP contribution in [0.1, 0.15) is 31.1 Å². The van der Waals surface area contributed by atoms with Gasteiger partial charge in [0.1, 0.15) is 5.82 Å². The highest BCUT2D eigenvalue weighted by Gasteiger charge is 2.31. The van der Waals surface area contributed by atoms with Gasteiger partial charge in [-0.25, -0.2) is 4.39 Å². The Morgan fingerprint density at radius 2 is 1.51 bits per heavy atom. The predicted molar refractivity (Wildman–Crippen MR) is 134 cm³/mol. The van der Waals surface area contributed by atoms with E-state index in [0.29, 0.717) is 11.3 Å². The highest BCUT2D eigenvalue weighted by Crippen LogP contribution is 2.27. The first kappa shape index (κ1) is 23.9. The first-order chi connectivity index (χ1) is 17.9. The quantitative estimate of drug-likeness (QED) is 0.323. The Morgan fingerprint density at radius 1 is 0.838 bits per heavy atom. The molecule has 2 aromatic carbocycles. The molecular formula is C27H22FN5O4. The van der Waals surface area contributed by atoms with Gasteiger partial charge in [-0.15, -0.1) is 0 Å². The maximum Gasteiger partial charge on any atom is 0.295 e. The lowest BCUT2D eigenvalue weighted by Crippen LogP contribution is -2.52. The highest BCUT2D eigenvalue weighted by molar-refractivity contribution is 6.45. The monoisotopic (exact) mass is 499 g/mol. The van der Waals surface area contributed by atoms with Crippen molar-refractivity contribution in [1.82, 2.24) is 19.8 Å². The molecule has 1 aliphatic rings. The van der Waals surface area contributed by atoms with Gasteiger partial charge in [-0.3, -0.25) is 24.2 Å². The van der Waals surface area contributed by atoms with Gasteiger partial charge in [0.15, 0.2) is 0 Å². The number of piperazine rings is 1. The summed E-state index contributed by atoms with van der Waals surface area (Å²) in [5.41, 5.74) is 1.13. The number of anilines is 1. The Kier molecular flexibility index (Phi) is 6.46. The van der Waals surface area contributed by atoms with Crippen molar-refractivity contribution in [3.63, 3.8) is 0 Å². The normalized spacial score (nSPS) is 13.4. The van der Waals surface area contributed by atoms with E-state index in [9.17, 15) is 23.6 Å². The maximum absolute atomic E-state index is 14.8. The van der Waals surface area contributed by atoms with Gasteiger partial charge in [-0.1, -0.05) is 18.2 Å². The van der Waals surface area contributed by atoms with E-state index in [2.05, 4.69) is 15.3 Å². The van der Waals surface area contributed by atoms with Gasteiger partial charge in [0, 0.05) is 61.4 Å². The fourth-order valence-electron chi connectivity index (χ4n) is 4.34. The van der Waals surface area contributed by atoms with Gasteiger partial charge in [0.05, 0.1) is 16.6 Å². The van der Waals surface area contributed by atoms with Gasteiger partial charge in [-0.05, 0) is 36.4 Å². The number of pyridine rings is 1. The number of benzene rings is 2. The van der Waals surface area contributed by atoms with Crippen molar-refractivity contribution in [2.24, 2.45) is 0 Å². The second-order valence-electron chi connectivity index (χ2n) is 8.52. The topological polar surface area (TPSA) is 115 Å².